The van der Waals surface area contributed by atoms with Gasteiger partial charge < -0.3 is 37.3 Å². The molecule has 0 saturated heterocycles. The van der Waals surface area contributed by atoms with Gasteiger partial charge in [0.15, 0.2) is 11.5 Å². The minimum absolute atomic E-state index is 0.292. The lowest BCUT2D eigenvalue weighted by Crippen LogP contribution is -2.58. The molecule has 4 aliphatic heterocycles. The summed E-state index contributed by atoms with van der Waals surface area (Å²) in [4.78, 5) is 4.84. The predicted molar refractivity (Wildman–Crippen MR) is 430 cm³/mol. The van der Waals surface area contributed by atoms with E-state index in [2.05, 4.69) is 357 Å². The molecule has 19 aromatic rings. The second kappa shape index (κ2) is 21.9. The molecule has 0 amide bonds. The lowest BCUT2D eigenvalue weighted by atomic mass is 9.33. The van der Waals surface area contributed by atoms with Crippen molar-refractivity contribution < 1.29 is 13.9 Å². The van der Waals surface area contributed by atoms with Crippen LogP contribution in [0.5, 0.6) is 23.3 Å². The highest BCUT2D eigenvalue weighted by Crippen LogP contribution is 2.59. The van der Waals surface area contributed by atoms with Crippen molar-refractivity contribution in [2.75, 3.05) is 9.80 Å². The molecule has 0 fully saturated rings. The van der Waals surface area contributed by atoms with Crippen LogP contribution in [0, 0.1) is 0 Å². The van der Waals surface area contributed by atoms with Gasteiger partial charge >= 0.3 is 12.8 Å². The van der Waals surface area contributed by atoms with Crippen molar-refractivity contribution in [3.8, 4) is 79.2 Å². The first-order valence-electron chi connectivity index (χ1n) is 35.7. The standard InChI is InChI=1S/C94H57B2N5O3/c1-3-26-58(27-4-1)66-40-25-41-67(88(66)95-77-43-14-19-48-83(77)100-91-73-39-12-21-50-85(73)103-94(91)104-87-57-65(56-78(95)92(87)100)98-81-46-17-10-37-71(81)72-38-11-18-47-82(72)98)61-30-23-28-59(52-61)60-29-24-31-62(53-60)96-76-42-13-7-34-68(76)74-54-64(97-79-44-15-8-35-69(79)70-36-9-16-45-80(70)97)55-75-89(74)101(96)93-90(75)99(63-32-5-2-6-33-63)84-49-20-22-51-86(84)102-93/h1-57H. The average Bonchev–Trinajstić information content (AvgIpc) is 1.45. The summed E-state index contributed by atoms with van der Waals surface area (Å²) in [7, 11) is 0. The van der Waals surface area contributed by atoms with Gasteiger partial charge in [-0.25, -0.2) is 0 Å². The van der Waals surface area contributed by atoms with Crippen LogP contribution in [-0.2, 0) is 0 Å². The Hall–Kier alpha value is -13.7. The van der Waals surface area contributed by atoms with Crippen LogP contribution in [0.4, 0.5) is 34.1 Å². The van der Waals surface area contributed by atoms with Gasteiger partial charge in [-0.2, -0.15) is 0 Å². The highest BCUT2D eigenvalue weighted by atomic mass is 16.6. The van der Waals surface area contributed by atoms with E-state index in [0.29, 0.717) is 5.95 Å². The van der Waals surface area contributed by atoms with Crippen molar-refractivity contribution in [2.45, 2.75) is 0 Å². The molecule has 0 atom stereocenters. The van der Waals surface area contributed by atoms with E-state index in [1.165, 1.54) is 43.5 Å². The molecule has 23 rings (SSSR count). The molecule has 8 nitrogen and oxygen atoms in total. The Morgan fingerprint density at radius 3 is 1.55 bits per heavy atom. The SMILES string of the molecule is c1ccc(-c2cccc(-c3cccc(-c4cccc(B5c6ccccc6-c6cc(-n7c8ccccc8c8ccccc87)cc7c8c(n5c67)Oc5ccccc5N8c5ccccc5)c4)c3)c2B2c3ccccc3N3c4c(cc(-n5c6ccccc6c6ccccc65)cc42)Oc2oc4ccccc4c23)cc1. The maximum absolute atomic E-state index is 7.50. The van der Waals surface area contributed by atoms with Crippen molar-refractivity contribution >= 4 is 140 Å². The van der Waals surface area contributed by atoms with Crippen molar-refractivity contribution in [2.24, 2.45) is 0 Å². The van der Waals surface area contributed by atoms with E-state index in [-0.39, 0.29) is 13.6 Å². The van der Waals surface area contributed by atoms with Crippen molar-refractivity contribution in [1.29, 1.82) is 0 Å². The Balaban J connectivity index is 0.731. The zero-order valence-corrected chi connectivity index (χ0v) is 56.0. The van der Waals surface area contributed by atoms with Crippen molar-refractivity contribution in [1.82, 2.24) is 13.6 Å². The molecular weight excluding hydrogens is 1270 g/mol. The van der Waals surface area contributed by atoms with Crippen molar-refractivity contribution in [3.05, 3.63) is 346 Å². The number of aromatic nitrogens is 3. The molecule has 0 aliphatic carbocycles. The van der Waals surface area contributed by atoms with Crippen LogP contribution in [-0.4, -0.2) is 27.2 Å². The Kier molecular flexibility index (Phi) is 12.0. The summed E-state index contributed by atoms with van der Waals surface area (Å²) in [6.07, 6.45) is 0. The fourth-order valence-electron chi connectivity index (χ4n) is 18.1. The van der Waals surface area contributed by atoms with Crippen LogP contribution in [0.3, 0.4) is 0 Å². The number of furan rings is 1. The fourth-order valence-corrected chi connectivity index (χ4v) is 18.1. The molecule has 0 radical (unpaired) electrons. The number of para-hydroxylation sites is 9. The maximum atomic E-state index is 7.50. The van der Waals surface area contributed by atoms with Gasteiger partial charge in [-0.05, 0) is 152 Å². The van der Waals surface area contributed by atoms with Crippen LogP contribution in [0.25, 0.3) is 121 Å². The second-order valence-electron chi connectivity index (χ2n) is 27.8. The molecule has 0 N–H and O–H groups in total. The lowest BCUT2D eigenvalue weighted by molar-refractivity contribution is 0.358. The smallest absolute Gasteiger partial charge is 0.332 e. The first kappa shape index (κ1) is 57.1. The third-order valence-corrected chi connectivity index (χ3v) is 22.3. The Labute approximate surface area is 599 Å². The van der Waals surface area contributed by atoms with Gasteiger partial charge in [-0.1, -0.05) is 254 Å². The summed E-state index contributed by atoms with van der Waals surface area (Å²) in [5.74, 6) is 2.79. The number of hydrogen-bond acceptors (Lipinski definition) is 5. The van der Waals surface area contributed by atoms with Crippen LogP contribution in [0.1, 0.15) is 0 Å². The minimum atomic E-state index is -0.297. The van der Waals surface area contributed by atoms with Crippen molar-refractivity contribution in [3.63, 3.8) is 0 Å². The number of ether oxygens (including phenoxy) is 2. The average molecular weight is 1330 g/mol. The quantitative estimate of drug-likeness (QED) is 0.142. The van der Waals surface area contributed by atoms with E-state index in [1.54, 1.807) is 0 Å². The van der Waals surface area contributed by atoms with E-state index in [4.69, 9.17) is 13.9 Å². The molecule has 4 aliphatic rings. The largest absolute Gasteiger partial charge is 0.438 e. The van der Waals surface area contributed by atoms with Gasteiger partial charge in [0, 0.05) is 72.2 Å². The third-order valence-electron chi connectivity index (χ3n) is 22.3. The van der Waals surface area contributed by atoms with Gasteiger partial charge in [0.2, 0.25) is 12.6 Å². The Morgan fingerprint density at radius 2 is 0.827 bits per heavy atom. The number of rotatable bonds is 8. The zero-order chi connectivity index (χ0) is 67.8. The van der Waals surface area contributed by atoms with Gasteiger partial charge in [-0.3, -0.25) is 0 Å². The normalized spacial score (nSPS) is 13.1. The monoisotopic (exact) mass is 1330 g/mol. The first-order chi connectivity index (χ1) is 51.6. The predicted octanol–water partition coefficient (Wildman–Crippen LogP) is 21.2. The Bertz CT molecular complexity index is 6760. The molecule has 0 unspecified atom stereocenters. The summed E-state index contributed by atoms with van der Waals surface area (Å²) in [6.45, 7) is -0.589. The van der Waals surface area contributed by atoms with Crippen LogP contribution in [0.15, 0.2) is 350 Å². The maximum Gasteiger partial charge on any atom is 0.332 e. The number of fused-ring (bicyclic) bond motifs is 18. The molecule has 15 aromatic carbocycles. The summed E-state index contributed by atoms with van der Waals surface area (Å²) in [5, 5.41) is 6.91. The van der Waals surface area contributed by atoms with Crippen LogP contribution >= 0.6 is 0 Å². The summed E-state index contributed by atoms with van der Waals surface area (Å²) in [6, 6.07) is 127. The number of anilines is 6. The summed E-state index contributed by atoms with van der Waals surface area (Å²) < 4.78 is 28.9. The molecule has 10 heteroatoms. The number of nitrogens with zero attached hydrogens (tertiary/aromatic N) is 5. The van der Waals surface area contributed by atoms with Gasteiger partial charge in [0.05, 0.1) is 33.4 Å². The number of benzene rings is 15. The van der Waals surface area contributed by atoms with Gasteiger partial charge in [0.1, 0.15) is 17.0 Å². The molecule has 4 aromatic heterocycles. The first-order valence-corrected chi connectivity index (χ1v) is 35.7. The molecule has 8 heterocycles. The molecule has 104 heavy (non-hydrogen) atoms. The zero-order valence-electron chi connectivity index (χ0n) is 56.0. The molecule has 0 spiro atoms. The van der Waals surface area contributed by atoms with Crippen LogP contribution < -0.4 is 46.6 Å². The summed E-state index contributed by atoms with van der Waals surface area (Å²) in [5.41, 5.74) is 29.5. The highest BCUT2D eigenvalue weighted by molar-refractivity contribution is 6.99. The minimum Gasteiger partial charge on any atom is -0.438 e. The van der Waals surface area contributed by atoms with E-state index in [9.17, 15) is 0 Å². The molecule has 0 saturated carbocycles. The highest BCUT2D eigenvalue weighted by Gasteiger charge is 2.46. The van der Waals surface area contributed by atoms with E-state index < -0.39 is 0 Å². The van der Waals surface area contributed by atoms with E-state index >= 15 is 0 Å². The Morgan fingerprint density at radius 1 is 0.288 bits per heavy atom. The molecule has 0 bridgehead atoms. The van der Waals surface area contributed by atoms with E-state index in [1.807, 2.05) is 12.1 Å². The molecular formula is C94H57B2N5O3. The summed E-state index contributed by atoms with van der Waals surface area (Å²) >= 11 is 0. The second-order valence-corrected chi connectivity index (χ2v) is 27.8. The topological polar surface area (TPSA) is 52.9 Å². The third kappa shape index (κ3) is 8.10. The lowest BCUT2D eigenvalue weighted by Gasteiger charge is -2.40. The van der Waals surface area contributed by atoms with Gasteiger partial charge in [0.25, 0.3) is 0 Å². The van der Waals surface area contributed by atoms with E-state index in [0.717, 1.165) is 157 Å². The van der Waals surface area contributed by atoms with Crippen LogP contribution in [0.2, 0.25) is 0 Å². The van der Waals surface area contributed by atoms with Gasteiger partial charge in [-0.15, -0.1) is 0 Å². The fraction of sp³-hybridized carbons (Fsp3) is 0. The molecule has 482 valence electrons. The number of hydrogen-bond donors (Lipinski definition) is 0.